The molecule has 1 aromatic heterocycles. The molecule has 0 aliphatic carbocycles. The number of nitrogens with one attached hydrogen (secondary N) is 2. The van der Waals surface area contributed by atoms with Crippen molar-refractivity contribution in [3.63, 3.8) is 0 Å². The van der Waals surface area contributed by atoms with Crippen molar-refractivity contribution < 1.29 is 9.37 Å². The molecule has 6 heteroatoms. The minimum atomic E-state index is -0.259. The highest BCUT2D eigenvalue weighted by Gasteiger charge is 2.09. The van der Waals surface area contributed by atoms with Gasteiger partial charge >= 0.3 is 0 Å². The van der Waals surface area contributed by atoms with Crippen LogP contribution in [-0.2, 0) is 0 Å². The molecule has 28 heavy (non-hydrogen) atoms. The van der Waals surface area contributed by atoms with E-state index in [9.17, 15) is 4.79 Å². The van der Waals surface area contributed by atoms with Crippen LogP contribution >= 0.6 is 0 Å². The van der Waals surface area contributed by atoms with Crippen LogP contribution in [0.2, 0.25) is 0 Å². The highest BCUT2D eigenvalue weighted by Crippen LogP contribution is 2.24. The Labute approximate surface area is 164 Å². The van der Waals surface area contributed by atoms with E-state index in [0.717, 1.165) is 11.3 Å². The predicted molar refractivity (Wildman–Crippen MR) is 111 cm³/mol. The largest absolute Gasteiger partial charge is 0.683 e. The number of benzene rings is 1. The highest BCUT2D eigenvalue weighted by molar-refractivity contribution is 6.04. The number of amides is 1. The lowest BCUT2D eigenvalue weighted by Crippen LogP contribution is -2.21. The number of pyridine rings is 1. The fourth-order valence-corrected chi connectivity index (χ4v) is 2.62. The van der Waals surface area contributed by atoms with Gasteiger partial charge in [0.25, 0.3) is 5.91 Å². The molecule has 2 heterocycles. The first kappa shape index (κ1) is 18.9. The summed E-state index contributed by atoms with van der Waals surface area (Å²) in [5, 5.41) is 10.5. The highest BCUT2D eigenvalue weighted by atomic mass is 16.1. The first-order valence-corrected chi connectivity index (χ1v) is 8.78. The SMILES string of the molecule is C#Cc1cncc(C(=O)Nc2cccc(C(C)[N-]C=CNC3=C[N+](C)=C3)c2)c1. The predicted octanol–water partition coefficient (Wildman–Crippen LogP) is 3.38. The molecule has 0 bridgehead atoms. The molecular formula is C22H21N5O. The second-order valence-corrected chi connectivity index (χ2v) is 6.35. The number of allylic oxidation sites excluding steroid dienone is 1. The van der Waals surface area contributed by atoms with Gasteiger partial charge in [-0.1, -0.05) is 36.6 Å². The molecule has 0 saturated carbocycles. The van der Waals surface area contributed by atoms with Crippen molar-refractivity contribution in [2.75, 3.05) is 12.4 Å². The minimum absolute atomic E-state index is 0.0524. The molecule has 0 saturated heterocycles. The topological polar surface area (TPSA) is 71.1 Å². The van der Waals surface area contributed by atoms with E-state index in [1.807, 2.05) is 55.2 Å². The van der Waals surface area contributed by atoms with Gasteiger partial charge in [-0.2, -0.15) is 6.20 Å². The van der Waals surface area contributed by atoms with Crippen LogP contribution in [0.3, 0.4) is 0 Å². The number of hydrogen-bond acceptors (Lipinski definition) is 3. The molecule has 140 valence electrons. The first-order valence-electron chi connectivity index (χ1n) is 8.78. The van der Waals surface area contributed by atoms with E-state index in [1.54, 1.807) is 24.7 Å². The Hall–Kier alpha value is -3.85. The summed E-state index contributed by atoms with van der Waals surface area (Å²) < 4.78 is 1.97. The van der Waals surface area contributed by atoms with Gasteiger partial charge in [-0.15, -0.1) is 6.42 Å². The summed E-state index contributed by atoms with van der Waals surface area (Å²) in [6.07, 6.45) is 15.9. The third-order valence-electron chi connectivity index (χ3n) is 4.11. The first-order chi connectivity index (χ1) is 13.5. The van der Waals surface area contributed by atoms with Gasteiger partial charge in [0.05, 0.1) is 5.56 Å². The number of nitrogens with zero attached hydrogens (tertiary/aromatic N) is 3. The van der Waals surface area contributed by atoms with Crippen LogP contribution in [0.15, 0.2) is 67.0 Å². The molecule has 1 amide bonds. The zero-order valence-electron chi connectivity index (χ0n) is 15.8. The van der Waals surface area contributed by atoms with E-state index in [-0.39, 0.29) is 11.9 Å². The molecule has 0 spiro atoms. The van der Waals surface area contributed by atoms with Crippen molar-refractivity contribution >= 4 is 17.8 Å². The summed E-state index contributed by atoms with van der Waals surface area (Å²) in [5.41, 5.74) is 3.70. The van der Waals surface area contributed by atoms with Crippen molar-refractivity contribution in [2.24, 2.45) is 0 Å². The van der Waals surface area contributed by atoms with Crippen LogP contribution in [0.1, 0.15) is 34.5 Å². The number of hydrogen-bond donors (Lipinski definition) is 2. The molecule has 6 nitrogen and oxygen atoms in total. The van der Waals surface area contributed by atoms with E-state index in [1.165, 1.54) is 6.20 Å². The van der Waals surface area contributed by atoms with Crippen LogP contribution in [0.4, 0.5) is 5.69 Å². The Morgan fingerprint density at radius 2 is 2.18 bits per heavy atom. The molecule has 0 radical (unpaired) electrons. The van der Waals surface area contributed by atoms with Crippen molar-refractivity contribution in [3.8, 4) is 12.3 Å². The molecule has 1 atom stereocenters. The summed E-state index contributed by atoms with van der Waals surface area (Å²) in [7, 11) is 1.97. The van der Waals surface area contributed by atoms with Crippen LogP contribution in [0, 0.1) is 12.3 Å². The second kappa shape index (κ2) is 8.69. The Balaban J connectivity index is 1.58. The molecule has 0 fully saturated rings. The maximum Gasteiger partial charge on any atom is 0.257 e. The normalized spacial score (nSPS) is 13.6. The lowest BCUT2D eigenvalue weighted by molar-refractivity contribution is -0.429. The Bertz CT molecular complexity index is 1010. The summed E-state index contributed by atoms with van der Waals surface area (Å²) in [6, 6.07) is 9.18. The van der Waals surface area contributed by atoms with Crippen molar-refractivity contribution in [1.82, 2.24) is 10.3 Å². The summed E-state index contributed by atoms with van der Waals surface area (Å²) in [4.78, 5) is 16.4. The molecule has 3 rings (SSSR count). The number of carbonyl (C=O) groups is 1. The minimum Gasteiger partial charge on any atom is -0.683 e. The van der Waals surface area contributed by atoms with E-state index in [4.69, 9.17) is 6.42 Å². The lowest BCUT2D eigenvalue weighted by atomic mass is 10.1. The van der Waals surface area contributed by atoms with Gasteiger partial charge in [-0.3, -0.25) is 9.78 Å². The standard InChI is InChI=1S/C22H21N5O/c1-4-17-10-19(13-23-12-17)22(28)26-20-7-5-6-18(11-20)16(2)24-8-9-25-21-14-27(3)15-21/h1,5-16,25H,2-3H3,(H,26,28). The van der Waals surface area contributed by atoms with Gasteiger partial charge in [0, 0.05) is 23.6 Å². The van der Waals surface area contributed by atoms with Crippen molar-refractivity contribution in [2.45, 2.75) is 13.0 Å². The molecule has 1 unspecified atom stereocenters. The number of rotatable bonds is 7. The van der Waals surface area contributed by atoms with Crippen molar-refractivity contribution in [1.29, 1.82) is 0 Å². The molecule has 2 aromatic rings. The monoisotopic (exact) mass is 371 g/mol. The second-order valence-electron chi connectivity index (χ2n) is 6.35. The number of anilines is 1. The fraction of sp³-hybridized carbons (Fsp3) is 0.136. The summed E-state index contributed by atoms with van der Waals surface area (Å²) in [6.45, 7) is 1.99. The average Bonchev–Trinajstić information content (AvgIpc) is 2.69. The van der Waals surface area contributed by atoms with Crippen molar-refractivity contribution in [3.05, 3.63) is 89.0 Å². The van der Waals surface area contributed by atoms with Gasteiger partial charge in [-0.25, -0.2) is 4.58 Å². The summed E-state index contributed by atoms with van der Waals surface area (Å²) >= 11 is 0. The van der Waals surface area contributed by atoms with Crippen LogP contribution in [-0.4, -0.2) is 28.7 Å². The van der Waals surface area contributed by atoms with Gasteiger partial charge in [0.15, 0.2) is 18.1 Å². The molecule has 1 aliphatic rings. The fourth-order valence-electron chi connectivity index (χ4n) is 2.62. The lowest BCUT2D eigenvalue weighted by Gasteiger charge is -2.26. The van der Waals surface area contributed by atoms with Gasteiger partial charge < -0.3 is 16.0 Å². The smallest absolute Gasteiger partial charge is 0.257 e. The zero-order chi connectivity index (χ0) is 19.9. The molecule has 1 aromatic carbocycles. The zero-order valence-corrected chi connectivity index (χ0v) is 15.8. The number of carbonyl (C=O) groups excluding carboxylic acids is 1. The average molecular weight is 371 g/mol. The van der Waals surface area contributed by atoms with Crippen LogP contribution < -0.4 is 10.6 Å². The Kier molecular flexibility index (Phi) is 5.87. The number of aromatic nitrogens is 1. The van der Waals surface area contributed by atoms with E-state index >= 15 is 0 Å². The van der Waals surface area contributed by atoms with Gasteiger partial charge in [0.2, 0.25) is 0 Å². The van der Waals surface area contributed by atoms with Crippen LogP contribution in [0.5, 0.6) is 0 Å². The van der Waals surface area contributed by atoms with E-state index in [0.29, 0.717) is 16.8 Å². The molecule has 1 aliphatic heterocycles. The summed E-state index contributed by atoms with van der Waals surface area (Å²) in [5.74, 6) is 2.22. The maximum absolute atomic E-state index is 12.4. The third-order valence-corrected chi connectivity index (χ3v) is 4.11. The van der Waals surface area contributed by atoms with E-state index < -0.39 is 0 Å². The van der Waals surface area contributed by atoms with E-state index in [2.05, 4.69) is 26.9 Å². The van der Waals surface area contributed by atoms with Crippen LogP contribution in [0.25, 0.3) is 5.32 Å². The van der Waals surface area contributed by atoms with Gasteiger partial charge in [-0.05, 0) is 24.4 Å². The molecular weight excluding hydrogens is 350 g/mol. The van der Waals surface area contributed by atoms with Gasteiger partial charge in [0.1, 0.15) is 7.05 Å². The quantitative estimate of drug-likeness (QED) is 0.579. The Morgan fingerprint density at radius 1 is 1.36 bits per heavy atom. The Morgan fingerprint density at radius 3 is 2.93 bits per heavy atom. The number of terminal acetylenes is 1. The molecule has 2 N–H and O–H groups in total. The maximum atomic E-state index is 12.4. The third kappa shape index (κ3) is 4.86.